The van der Waals surface area contributed by atoms with Crippen molar-refractivity contribution in [3.63, 3.8) is 0 Å². The van der Waals surface area contributed by atoms with Crippen LogP contribution in [-0.4, -0.2) is 49.5 Å². The predicted octanol–water partition coefficient (Wildman–Crippen LogP) is 0.621. The van der Waals surface area contributed by atoms with Gasteiger partial charge in [0.2, 0.25) is 0 Å². The van der Waals surface area contributed by atoms with E-state index in [9.17, 15) is 5.11 Å². The Morgan fingerprint density at radius 1 is 1.44 bits per heavy atom. The molecule has 1 saturated heterocycles. The van der Waals surface area contributed by atoms with Crippen LogP contribution in [0.3, 0.4) is 0 Å². The lowest BCUT2D eigenvalue weighted by Gasteiger charge is -2.43. The van der Waals surface area contributed by atoms with Crippen LogP contribution in [0.1, 0.15) is 19.3 Å². The quantitative estimate of drug-likeness (QED) is 0.689. The highest BCUT2D eigenvalue weighted by molar-refractivity contribution is 4.90. The molecule has 4 heteroatoms. The lowest BCUT2D eigenvalue weighted by molar-refractivity contribution is -0.148. The van der Waals surface area contributed by atoms with E-state index in [0.717, 1.165) is 25.6 Å². The Morgan fingerprint density at radius 3 is 2.62 bits per heavy atom. The zero-order chi connectivity index (χ0) is 11.4. The lowest BCUT2D eigenvalue weighted by Crippen LogP contribution is -2.53. The van der Waals surface area contributed by atoms with Gasteiger partial charge >= 0.3 is 0 Å². The molecule has 1 N–H and O–H groups in total. The Kier molecular flexibility index (Phi) is 3.80. The van der Waals surface area contributed by atoms with Gasteiger partial charge in [0, 0.05) is 26.1 Å². The lowest BCUT2D eigenvalue weighted by atomic mass is 9.86. The fraction of sp³-hybridized carbons (Fsp3) is 0.917. The van der Waals surface area contributed by atoms with E-state index in [2.05, 4.69) is 11.0 Å². The van der Waals surface area contributed by atoms with Crippen LogP contribution < -0.4 is 0 Å². The Labute approximate surface area is 96.8 Å². The first-order chi connectivity index (χ1) is 7.78. The van der Waals surface area contributed by atoms with Gasteiger partial charge in [0.1, 0.15) is 0 Å². The zero-order valence-electron chi connectivity index (χ0n) is 9.69. The van der Waals surface area contributed by atoms with Gasteiger partial charge in [0.25, 0.3) is 0 Å². The number of aliphatic hydroxyl groups excluding tert-OH is 1. The van der Waals surface area contributed by atoms with E-state index in [1.165, 1.54) is 12.8 Å². The summed E-state index contributed by atoms with van der Waals surface area (Å²) in [7, 11) is 0. The van der Waals surface area contributed by atoms with Gasteiger partial charge in [-0.25, -0.2) is 0 Å². The predicted molar refractivity (Wildman–Crippen MR) is 59.7 cm³/mol. The highest BCUT2D eigenvalue weighted by atomic mass is 16.5. The SMILES string of the molecule is N#CCCN(CC1CC1)CC1(CO)COC1. The average molecular weight is 224 g/mol. The van der Waals surface area contributed by atoms with Crippen LogP contribution in [0.25, 0.3) is 0 Å². The van der Waals surface area contributed by atoms with Gasteiger partial charge in [-0.3, -0.25) is 0 Å². The van der Waals surface area contributed by atoms with Gasteiger partial charge in [-0.05, 0) is 18.8 Å². The third-order valence-electron chi connectivity index (χ3n) is 3.46. The van der Waals surface area contributed by atoms with Crippen molar-refractivity contribution in [1.29, 1.82) is 5.26 Å². The van der Waals surface area contributed by atoms with Crippen LogP contribution >= 0.6 is 0 Å². The molecule has 0 unspecified atom stereocenters. The average Bonchev–Trinajstić information content (AvgIpc) is 3.03. The molecule has 1 aliphatic heterocycles. The summed E-state index contributed by atoms with van der Waals surface area (Å²) in [6.07, 6.45) is 3.23. The number of hydrogen-bond acceptors (Lipinski definition) is 4. The number of rotatable bonds is 7. The molecule has 4 nitrogen and oxygen atoms in total. The van der Waals surface area contributed by atoms with Crippen molar-refractivity contribution in [2.24, 2.45) is 11.3 Å². The molecule has 0 bridgehead atoms. The van der Waals surface area contributed by atoms with Crippen molar-refractivity contribution in [2.75, 3.05) is 39.5 Å². The van der Waals surface area contributed by atoms with Crippen LogP contribution in [0.5, 0.6) is 0 Å². The summed E-state index contributed by atoms with van der Waals surface area (Å²) in [6, 6.07) is 2.20. The second-order valence-electron chi connectivity index (χ2n) is 5.24. The number of nitriles is 1. The molecule has 0 aromatic heterocycles. The summed E-state index contributed by atoms with van der Waals surface area (Å²) >= 11 is 0. The minimum atomic E-state index is -0.0512. The number of aliphatic hydroxyl groups is 1. The van der Waals surface area contributed by atoms with Crippen LogP contribution in [0.2, 0.25) is 0 Å². The minimum absolute atomic E-state index is 0.0512. The summed E-state index contributed by atoms with van der Waals surface area (Å²) in [6.45, 7) is 4.31. The molecule has 0 amide bonds. The Morgan fingerprint density at radius 2 is 2.19 bits per heavy atom. The monoisotopic (exact) mass is 224 g/mol. The molecule has 2 fully saturated rings. The van der Waals surface area contributed by atoms with E-state index in [-0.39, 0.29) is 12.0 Å². The van der Waals surface area contributed by atoms with Crippen molar-refractivity contribution in [3.05, 3.63) is 0 Å². The molecule has 0 radical (unpaired) electrons. The standard InChI is InChI=1S/C12H20N2O2/c13-4-1-5-14(6-11-2-3-11)7-12(8-15)9-16-10-12/h11,15H,1-3,5-10H2. The summed E-state index contributed by atoms with van der Waals surface area (Å²) in [5.74, 6) is 0.829. The Bertz CT molecular complexity index is 261. The van der Waals surface area contributed by atoms with Crippen molar-refractivity contribution in [2.45, 2.75) is 19.3 Å². The molecule has 2 rings (SSSR count). The molecular formula is C12H20N2O2. The maximum absolute atomic E-state index is 9.39. The fourth-order valence-electron chi connectivity index (χ4n) is 2.21. The first kappa shape index (κ1) is 11.8. The maximum Gasteiger partial charge on any atom is 0.0635 e. The van der Waals surface area contributed by atoms with Crippen molar-refractivity contribution in [3.8, 4) is 6.07 Å². The van der Waals surface area contributed by atoms with E-state index >= 15 is 0 Å². The topological polar surface area (TPSA) is 56.5 Å². The van der Waals surface area contributed by atoms with Crippen LogP contribution in [0, 0.1) is 22.7 Å². The number of ether oxygens (including phenoxy) is 1. The first-order valence-corrected chi connectivity index (χ1v) is 6.06. The summed E-state index contributed by atoms with van der Waals surface area (Å²) in [4.78, 5) is 2.33. The molecule has 1 heterocycles. The summed E-state index contributed by atoms with van der Waals surface area (Å²) in [5, 5.41) is 18.0. The van der Waals surface area contributed by atoms with Crippen molar-refractivity contribution >= 4 is 0 Å². The van der Waals surface area contributed by atoms with Gasteiger partial charge in [-0.1, -0.05) is 0 Å². The third kappa shape index (κ3) is 2.94. The molecule has 2 aliphatic rings. The van der Waals surface area contributed by atoms with E-state index in [1.807, 2.05) is 0 Å². The van der Waals surface area contributed by atoms with Gasteiger partial charge in [-0.15, -0.1) is 0 Å². The molecule has 1 saturated carbocycles. The van der Waals surface area contributed by atoms with Gasteiger partial charge in [0.05, 0.1) is 31.3 Å². The third-order valence-corrected chi connectivity index (χ3v) is 3.46. The van der Waals surface area contributed by atoms with E-state index in [4.69, 9.17) is 10.00 Å². The molecule has 1 aliphatic carbocycles. The van der Waals surface area contributed by atoms with Gasteiger partial charge in [-0.2, -0.15) is 5.26 Å². The fourth-order valence-corrected chi connectivity index (χ4v) is 2.21. The molecular weight excluding hydrogens is 204 g/mol. The Hall–Kier alpha value is -0.630. The van der Waals surface area contributed by atoms with Crippen molar-refractivity contribution < 1.29 is 9.84 Å². The Balaban J connectivity index is 1.82. The molecule has 0 aromatic carbocycles. The first-order valence-electron chi connectivity index (χ1n) is 6.06. The van der Waals surface area contributed by atoms with Crippen LogP contribution in [0.15, 0.2) is 0 Å². The molecule has 0 spiro atoms. The molecule has 0 aromatic rings. The largest absolute Gasteiger partial charge is 0.396 e. The number of nitrogens with zero attached hydrogens (tertiary/aromatic N) is 2. The normalized spacial score (nSPS) is 22.8. The van der Waals surface area contributed by atoms with Crippen LogP contribution in [-0.2, 0) is 4.74 Å². The molecule has 90 valence electrons. The summed E-state index contributed by atoms with van der Waals surface area (Å²) < 4.78 is 5.20. The minimum Gasteiger partial charge on any atom is -0.396 e. The molecule has 0 atom stereocenters. The van der Waals surface area contributed by atoms with Crippen LogP contribution in [0.4, 0.5) is 0 Å². The van der Waals surface area contributed by atoms with E-state index in [0.29, 0.717) is 19.6 Å². The maximum atomic E-state index is 9.39. The highest BCUT2D eigenvalue weighted by Crippen LogP contribution is 2.33. The van der Waals surface area contributed by atoms with Gasteiger partial charge in [0.15, 0.2) is 0 Å². The highest BCUT2D eigenvalue weighted by Gasteiger charge is 2.40. The molecule has 16 heavy (non-hydrogen) atoms. The van der Waals surface area contributed by atoms with E-state index in [1.54, 1.807) is 0 Å². The zero-order valence-corrected chi connectivity index (χ0v) is 9.69. The smallest absolute Gasteiger partial charge is 0.0635 e. The second-order valence-corrected chi connectivity index (χ2v) is 5.24. The van der Waals surface area contributed by atoms with E-state index < -0.39 is 0 Å². The van der Waals surface area contributed by atoms with Crippen molar-refractivity contribution in [1.82, 2.24) is 4.90 Å². The number of hydrogen-bond donors (Lipinski definition) is 1. The summed E-state index contributed by atoms with van der Waals surface area (Å²) in [5.41, 5.74) is -0.0512. The second kappa shape index (κ2) is 5.13. The van der Waals surface area contributed by atoms with Gasteiger partial charge < -0.3 is 14.7 Å².